The van der Waals surface area contributed by atoms with E-state index in [4.69, 9.17) is 5.73 Å². The third-order valence-corrected chi connectivity index (χ3v) is 3.34. The number of imidazole rings is 1. The van der Waals surface area contributed by atoms with Crippen LogP contribution in [0, 0.1) is 0 Å². The first kappa shape index (κ1) is 15.3. The number of carbonyl (C=O) groups excluding carboxylic acids is 1. The highest BCUT2D eigenvalue weighted by Crippen LogP contribution is 2.07. The van der Waals surface area contributed by atoms with E-state index in [0.717, 1.165) is 12.0 Å². The number of rotatable bonds is 8. The molecule has 2 rings (SSSR count). The van der Waals surface area contributed by atoms with E-state index in [9.17, 15) is 4.79 Å². The summed E-state index contributed by atoms with van der Waals surface area (Å²) in [6.07, 6.45) is 6.63. The van der Waals surface area contributed by atoms with Gasteiger partial charge >= 0.3 is 0 Å². The second-order valence-electron chi connectivity index (χ2n) is 4.99. The van der Waals surface area contributed by atoms with E-state index >= 15 is 0 Å². The molecule has 0 saturated carbocycles. The first-order valence-corrected chi connectivity index (χ1v) is 7.27. The highest BCUT2D eigenvalue weighted by Gasteiger charge is 2.13. The van der Waals surface area contributed by atoms with Crippen LogP contribution < -0.4 is 5.73 Å². The third kappa shape index (κ3) is 5.04. The van der Waals surface area contributed by atoms with E-state index in [1.165, 1.54) is 0 Å². The van der Waals surface area contributed by atoms with Gasteiger partial charge in [-0.3, -0.25) is 4.79 Å². The quantitative estimate of drug-likeness (QED) is 0.802. The lowest BCUT2D eigenvalue weighted by Gasteiger charge is -2.23. The summed E-state index contributed by atoms with van der Waals surface area (Å²) in [4.78, 5) is 18.3. The Labute approximate surface area is 125 Å². The Balaban J connectivity index is 1.92. The molecule has 0 spiro atoms. The molecule has 0 aliphatic carbocycles. The van der Waals surface area contributed by atoms with Gasteiger partial charge in [-0.05, 0) is 18.5 Å². The van der Waals surface area contributed by atoms with Crippen LogP contribution in [-0.2, 0) is 17.9 Å². The van der Waals surface area contributed by atoms with Gasteiger partial charge < -0.3 is 15.2 Å². The number of aromatic nitrogens is 2. The molecule has 5 heteroatoms. The summed E-state index contributed by atoms with van der Waals surface area (Å²) in [6, 6.07) is 10.0. The predicted molar refractivity (Wildman–Crippen MR) is 82.4 cm³/mol. The van der Waals surface area contributed by atoms with Crippen molar-refractivity contribution >= 4 is 5.91 Å². The fourth-order valence-corrected chi connectivity index (χ4v) is 2.18. The van der Waals surface area contributed by atoms with Crippen LogP contribution in [0.5, 0.6) is 0 Å². The van der Waals surface area contributed by atoms with Crippen LogP contribution in [0.3, 0.4) is 0 Å². The number of hydrogen-bond acceptors (Lipinski definition) is 3. The Morgan fingerprint density at radius 1 is 1.29 bits per heavy atom. The monoisotopic (exact) mass is 286 g/mol. The summed E-state index contributed by atoms with van der Waals surface area (Å²) in [6.45, 7) is 2.60. The molecule has 1 amide bonds. The molecule has 2 aromatic rings. The highest BCUT2D eigenvalue weighted by molar-refractivity contribution is 5.76. The molecule has 1 aromatic carbocycles. The molecule has 0 saturated heterocycles. The SMILES string of the molecule is NCCCN(Cc1ccccc1)C(=O)CCn1ccnc1. The Morgan fingerprint density at radius 3 is 2.76 bits per heavy atom. The van der Waals surface area contributed by atoms with Gasteiger partial charge in [0.25, 0.3) is 0 Å². The Kier molecular flexibility index (Phi) is 5.97. The summed E-state index contributed by atoms with van der Waals surface area (Å²) in [5, 5.41) is 0. The second kappa shape index (κ2) is 8.21. The minimum absolute atomic E-state index is 0.154. The highest BCUT2D eigenvalue weighted by atomic mass is 16.2. The summed E-state index contributed by atoms with van der Waals surface area (Å²) < 4.78 is 1.92. The van der Waals surface area contributed by atoms with Crippen molar-refractivity contribution in [2.45, 2.75) is 25.9 Å². The Bertz CT molecular complexity index is 524. The largest absolute Gasteiger partial charge is 0.338 e. The smallest absolute Gasteiger partial charge is 0.224 e. The predicted octanol–water partition coefficient (Wildman–Crippen LogP) is 1.65. The van der Waals surface area contributed by atoms with Gasteiger partial charge in [0.2, 0.25) is 5.91 Å². The van der Waals surface area contributed by atoms with Crippen molar-refractivity contribution < 1.29 is 4.79 Å². The molecule has 2 N–H and O–H groups in total. The molecule has 0 atom stereocenters. The number of benzene rings is 1. The van der Waals surface area contributed by atoms with Crippen molar-refractivity contribution in [3.05, 3.63) is 54.6 Å². The zero-order valence-electron chi connectivity index (χ0n) is 12.2. The lowest BCUT2D eigenvalue weighted by atomic mass is 10.2. The molecule has 1 heterocycles. The maximum atomic E-state index is 12.4. The number of hydrogen-bond donors (Lipinski definition) is 1. The molecule has 0 aliphatic rings. The van der Waals surface area contributed by atoms with Crippen molar-refractivity contribution in [2.24, 2.45) is 5.73 Å². The maximum absolute atomic E-state index is 12.4. The number of amides is 1. The van der Waals surface area contributed by atoms with Gasteiger partial charge in [0.15, 0.2) is 0 Å². The van der Waals surface area contributed by atoms with Crippen LogP contribution in [0.4, 0.5) is 0 Å². The molecule has 112 valence electrons. The van der Waals surface area contributed by atoms with Gasteiger partial charge in [-0.15, -0.1) is 0 Å². The lowest BCUT2D eigenvalue weighted by Crippen LogP contribution is -2.33. The molecule has 5 nitrogen and oxygen atoms in total. The van der Waals surface area contributed by atoms with Gasteiger partial charge in [0.1, 0.15) is 0 Å². The summed E-state index contributed by atoms with van der Waals surface area (Å²) in [5.41, 5.74) is 6.72. The third-order valence-electron chi connectivity index (χ3n) is 3.34. The van der Waals surface area contributed by atoms with Gasteiger partial charge in [-0.25, -0.2) is 4.98 Å². The van der Waals surface area contributed by atoms with Crippen LogP contribution >= 0.6 is 0 Å². The minimum atomic E-state index is 0.154. The maximum Gasteiger partial charge on any atom is 0.224 e. The van der Waals surface area contributed by atoms with E-state index in [2.05, 4.69) is 4.98 Å². The van der Waals surface area contributed by atoms with E-state index in [0.29, 0.717) is 32.6 Å². The molecule has 1 aromatic heterocycles. The van der Waals surface area contributed by atoms with Crippen LogP contribution in [0.1, 0.15) is 18.4 Å². The summed E-state index contributed by atoms with van der Waals surface area (Å²) in [7, 11) is 0. The number of carbonyl (C=O) groups is 1. The molecule has 0 radical (unpaired) electrons. The lowest BCUT2D eigenvalue weighted by molar-refractivity contribution is -0.132. The van der Waals surface area contributed by atoms with Crippen LogP contribution in [0.15, 0.2) is 49.1 Å². The van der Waals surface area contributed by atoms with Crippen molar-refractivity contribution in [1.82, 2.24) is 14.5 Å². The zero-order chi connectivity index (χ0) is 14.9. The molecule has 0 bridgehead atoms. The molecular weight excluding hydrogens is 264 g/mol. The topological polar surface area (TPSA) is 64.2 Å². The normalized spacial score (nSPS) is 10.5. The van der Waals surface area contributed by atoms with Crippen molar-refractivity contribution in [2.75, 3.05) is 13.1 Å². The first-order valence-electron chi connectivity index (χ1n) is 7.27. The van der Waals surface area contributed by atoms with Gasteiger partial charge in [0.05, 0.1) is 6.33 Å². The first-order chi connectivity index (χ1) is 10.3. The van der Waals surface area contributed by atoms with Gasteiger partial charge in [-0.1, -0.05) is 30.3 Å². The molecule has 0 fully saturated rings. The summed E-state index contributed by atoms with van der Waals surface area (Å²) >= 11 is 0. The van der Waals surface area contributed by atoms with Crippen molar-refractivity contribution in [3.8, 4) is 0 Å². The number of nitrogens with two attached hydrogens (primary N) is 1. The van der Waals surface area contributed by atoms with E-state index in [1.54, 1.807) is 12.5 Å². The molecule has 0 aliphatic heterocycles. The van der Waals surface area contributed by atoms with Crippen LogP contribution in [0.25, 0.3) is 0 Å². The number of aryl methyl sites for hydroxylation is 1. The standard InChI is InChI=1S/C16H22N4O/c17-8-4-10-20(13-15-5-2-1-3-6-15)16(21)7-11-19-12-9-18-14-19/h1-3,5-6,9,12,14H,4,7-8,10-11,13,17H2. The summed E-state index contributed by atoms with van der Waals surface area (Å²) in [5.74, 6) is 0.154. The van der Waals surface area contributed by atoms with Crippen molar-refractivity contribution in [3.63, 3.8) is 0 Å². The Hall–Kier alpha value is -2.14. The average Bonchev–Trinajstić information content (AvgIpc) is 3.03. The molecule has 0 unspecified atom stereocenters. The van der Waals surface area contributed by atoms with Crippen LogP contribution in [0.2, 0.25) is 0 Å². The van der Waals surface area contributed by atoms with E-state index in [1.807, 2.05) is 46.0 Å². The number of nitrogens with zero attached hydrogens (tertiary/aromatic N) is 3. The molecular formula is C16H22N4O. The van der Waals surface area contributed by atoms with Crippen LogP contribution in [-0.4, -0.2) is 33.4 Å². The van der Waals surface area contributed by atoms with Gasteiger partial charge in [0, 0.05) is 38.4 Å². The Morgan fingerprint density at radius 2 is 2.10 bits per heavy atom. The fraction of sp³-hybridized carbons (Fsp3) is 0.375. The minimum Gasteiger partial charge on any atom is -0.338 e. The van der Waals surface area contributed by atoms with Crippen molar-refractivity contribution in [1.29, 1.82) is 0 Å². The second-order valence-corrected chi connectivity index (χ2v) is 4.99. The van der Waals surface area contributed by atoms with E-state index < -0.39 is 0 Å². The zero-order valence-corrected chi connectivity index (χ0v) is 12.2. The van der Waals surface area contributed by atoms with Gasteiger partial charge in [-0.2, -0.15) is 0 Å². The average molecular weight is 286 g/mol. The fourth-order valence-electron chi connectivity index (χ4n) is 2.18. The molecule has 21 heavy (non-hydrogen) atoms. The van der Waals surface area contributed by atoms with E-state index in [-0.39, 0.29) is 5.91 Å².